The Morgan fingerprint density at radius 2 is 2.03 bits per heavy atom. The van der Waals surface area contributed by atoms with Gasteiger partial charge >= 0.3 is 0 Å². The SMILES string of the molecule is CCNC(=NCC(CC(C)C)N1CCOCC1)NCCOc1cccc(NC(C)=O)c1. The van der Waals surface area contributed by atoms with Gasteiger partial charge in [-0.3, -0.25) is 14.7 Å². The molecule has 1 aliphatic rings. The van der Waals surface area contributed by atoms with Crippen LogP contribution < -0.4 is 20.7 Å². The number of amides is 1. The normalized spacial score (nSPS) is 16.1. The van der Waals surface area contributed by atoms with E-state index in [1.807, 2.05) is 24.3 Å². The molecule has 0 saturated carbocycles. The Balaban J connectivity index is 1.84. The van der Waals surface area contributed by atoms with Crippen molar-refractivity contribution in [2.24, 2.45) is 10.9 Å². The lowest BCUT2D eigenvalue weighted by Crippen LogP contribution is -2.46. The van der Waals surface area contributed by atoms with Gasteiger partial charge in [0, 0.05) is 44.4 Å². The van der Waals surface area contributed by atoms with Crippen LogP contribution in [0.2, 0.25) is 0 Å². The van der Waals surface area contributed by atoms with Crippen molar-refractivity contribution in [2.75, 3.05) is 57.9 Å². The van der Waals surface area contributed by atoms with Crippen LogP contribution in [-0.2, 0) is 9.53 Å². The Labute approximate surface area is 186 Å². The second-order valence-electron chi connectivity index (χ2n) is 8.14. The Kier molecular flexibility index (Phi) is 11.2. The standard InChI is InChI=1S/C23H39N5O3/c1-5-24-23(26-17-21(15-18(2)3)28-10-13-30-14-11-28)25-9-12-31-22-8-6-7-20(16-22)27-19(4)29/h6-8,16,18,21H,5,9-15,17H2,1-4H3,(H,27,29)(H2,24,25,26). The summed E-state index contributed by atoms with van der Waals surface area (Å²) in [5, 5.41) is 9.43. The molecule has 0 radical (unpaired) electrons. The maximum absolute atomic E-state index is 11.2. The molecule has 0 bridgehead atoms. The van der Waals surface area contributed by atoms with Crippen LogP contribution in [0.4, 0.5) is 5.69 Å². The summed E-state index contributed by atoms with van der Waals surface area (Å²) in [6.45, 7) is 14.3. The lowest BCUT2D eigenvalue weighted by Gasteiger charge is -2.34. The lowest BCUT2D eigenvalue weighted by molar-refractivity contribution is -0.114. The quantitative estimate of drug-likeness (QED) is 0.282. The molecule has 3 N–H and O–H groups in total. The van der Waals surface area contributed by atoms with Gasteiger partial charge in [-0.1, -0.05) is 19.9 Å². The molecule has 8 nitrogen and oxygen atoms in total. The first-order valence-electron chi connectivity index (χ1n) is 11.3. The zero-order valence-corrected chi connectivity index (χ0v) is 19.4. The third-order valence-corrected chi connectivity index (χ3v) is 4.93. The van der Waals surface area contributed by atoms with Crippen LogP contribution >= 0.6 is 0 Å². The van der Waals surface area contributed by atoms with Gasteiger partial charge < -0.3 is 25.4 Å². The van der Waals surface area contributed by atoms with E-state index in [-0.39, 0.29) is 5.91 Å². The summed E-state index contributed by atoms with van der Waals surface area (Å²) in [6, 6.07) is 7.82. The number of anilines is 1. The molecule has 1 aromatic carbocycles. The van der Waals surface area contributed by atoms with Crippen LogP contribution in [0, 0.1) is 5.92 Å². The monoisotopic (exact) mass is 433 g/mol. The van der Waals surface area contributed by atoms with Crippen molar-refractivity contribution < 1.29 is 14.3 Å². The number of nitrogens with one attached hydrogen (secondary N) is 3. The number of carbonyl (C=O) groups is 1. The minimum absolute atomic E-state index is 0.0989. The molecule has 1 aliphatic heterocycles. The summed E-state index contributed by atoms with van der Waals surface area (Å²) in [7, 11) is 0. The summed E-state index contributed by atoms with van der Waals surface area (Å²) < 4.78 is 11.3. The largest absolute Gasteiger partial charge is 0.492 e. The van der Waals surface area contributed by atoms with E-state index in [0.29, 0.717) is 25.1 Å². The zero-order chi connectivity index (χ0) is 22.5. The Morgan fingerprint density at radius 3 is 2.71 bits per heavy atom. The number of hydrogen-bond acceptors (Lipinski definition) is 5. The van der Waals surface area contributed by atoms with Gasteiger partial charge in [0.1, 0.15) is 12.4 Å². The van der Waals surface area contributed by atoms with Crippen molar-refractivity contribution in [3.63, 3.8) is 0 Å². The predicted octanol–water partition coefficient (Wildman–Crippen LogP) is 2.33. The van der Waals surface area contributed by atoms with Gasteiger partial charge in [0.05, 0.1) is 26.3 Å². The summed E-state index contributed by atoms with van der Waals surface area (Å²) in [4.78, 5) is 18.5. The molecule has 0 aromatic heterocycles. The van der Waals surface area contributed by atoms with Gasteiger partial charge in [0.2, 0.25) is 5.91 Å². The van der Waals surface area contributed by atoms with Crippen molar-refractivity contribution in [2.45, 2.75) is 40.2 Å². The fourth-order valence-electron chi connectivity index (χ4n) is 3.57. The third-order valence-electron chi connectivity index (χ3n) is 4.93. The summed E-state index contributed by atoms with van der Waals surface area (Å²) in [5.74, 6) is 2.05. The maximum Gasteiger partial charge on any atom is 0.221 e. The van der Waals surface area contributed by atoms with Gasteiger partial charge in [0.15, 0.2) is 5.96 Å². The van der Waals surface area contributed by atoms with E-state index in [9.17, 15) is 4.79 Å². The fourth-order valence-corrected chi connectivity index (χ4v) is 3.57. The Bertz CT molecular complexity index is 690. The van der Waals surface area contributed by atoms with E-state index >= 15 is 0 Å². The van der Waals surface area contributed by atoms with Gasteiger partial charge in [-0.25, -0.2) is 0 Å². The highest BCUT2D eigenvalue weighted by Crippen LogP contribution is 2.17. The number of ether oxygens (including phenoxy) is 2. The minimum atomic E-state index is -0.0989. The molecular weight excluding hydrogens is 394 g/mol. The number of rotatable bonds is 11. The molecular formula is C23H39N5O3. The van der Waals surface area contributed by atoms with E-state index in [1.165, 1.54) is 6.92 Å². The highest BCUT2D eigenvalue weighted by Gasteiger charge is 2.21. The molecule has 1 atom stereocenters. The molecule has 0 aliphatic carbocycles. The number of benzene rings is 1. The fraction of sp³-hybridized carbons (Fsp3) is 0.652. The van der Waals surface area contributed by atoms with Gasteiger partial charge in [-0.05, 0) is 31.4 Å². The lowest BCUT2D eigenvalue weighted by atomic mass is 10.0. The molecule has 1 fully saturated rings. The molecule has 0 spiro atoms. The van der Waals surface area contributed by atoms with Crippen LogP contribution in [-0.4, -0.2) is 75.4 Å². The van der Waals surface area contributed by atoms with Gasteiger partial charge in [0.25, 0.3) is 0 Å². The second-order valence-corrected chi connectivity index (χ2v) is 8.14. The molecule has 1 aromatic rings. The maximum atomic E-state index is 11.2. The first-order valence-corrected chi connectivity index (χ1v) is 11.3. The minimum Gasteiger partial charge on any atom is -0.492 e. The third kappa shape index (κ3) is 10.0. The number of aliphatic imine (C=N–C) groups is 1. The smallest absolute Gasteiger partial charge is 0.221 e. The molecule has 31 heavy (non-hydrogen) atoms. The molecule has 1 heterocycles. The van der Waals surface area contributed by atoms with Crippen LogP contribution in [0.15, 0.2) is 29.3 Å². The van der Waals surface area contributed by atoms with Crippen LogP contribution in [0.3, 0.4) is 0 Å². The number of hydrogen-bond donors (Lipinski definition) is 3. The number of carbonyl (C=O) groups excluding carboxylic acids is 1. The molecule has 8 heteroatoms. The first kappa shape index (κ1) is 24.9. The Morgan fingerprint density at radius 1 is 1.26 bits per heavy atom. The first-order chi connectivity index (χ1) is 15.0. The van der Waals surface area contributed by atoms with Crippen molar-refractivity contribution in [1.82, 2.24) is 15.5 Å². The van der Waals surface area contributed by atoms with Crippen molar-refractivity contribution >= 4 is 17.6 Å². The molecule has 1 amide bonds. The summed E-state index contributed by atoms with van der Waals surface area (Å²) in [6.07, 6.45) is 1.12. The summed E-state index contributed by atoms with van der Waals surface area (Å²) in [5.41, 5.74) is 0.729. The number of guanidine groups is 1. The van der Waals surface area contributed by atoms with E-state index in [4.69, 9.17) is 14.5 Å². The highest BCUT2D eigenvalue weighted by molar-refractivity contribution is 5.88. The van der Waals surface area contributed by atoms with Crippen LogP contribution in [0.25, 0.3) is 0 Å². The van der Waals surface area contributed by atoms with Gasteiger partial charge in [-0.2, -0.15) is 0 Å². The molecule has 174 valence electrons. The van der Waals surface area contributed by atoms with Crippen LogP contribution in [0.5, 0.6) is 5.75 Å². The average Bonchev–Trinajstić information content (AvgIpc) is 2.74. The molecule has 1 unspecified atom stereocenters. The Hall–Kier alpha value is -2.32. The van der Waals surface area contributed by atoms with Crippen molar-refractivity contribution in [3.05, 3.63) is 24.3 Å². The number of morpholine rings is 1. The van der Waals surface area contributed by atoms with E-state index in [2.05, 4.69) is 41.6 Å². The zero-order valence-electron chi connectivity index (χ0n) is 19.4. The molecule has 1 saturated heterocycles. The number of nitrogens with zero attached hydrogens (tertiary/aromatic N) is 2. The average molecular weight is 434 g/mol. The van der Waals surface area contributed by atoms with E-state index in [1.54, 1.807) is 0 Å². The van der Waals surface area contributed by atoms with Crippen LogP contribution in [0.1, 0.15) is 34.1 Å². The molecule has 2 rings (SSSR count). The van der Waals surface area contributed by atoms with E-state index in [0.717, 1.165) is 63.2 Å². The highest BCUT2D eigenvalue weighted by atomic mass is 16.5. The van der Waals surface area contributed by atoms with Crippen molar-refractivity contribution in [1.29, 1.82) is 0 Å². The van der Waals surface area contributed by atoms with Crippen molar-refractivity contribution in [3.8, 4) is 5.75 Å². The summed E-state index contributed by atoms with van der Waals surface area (Å²) >= 11 is 0. The van der Waals surface area contributed by atoms with E-state index < -0.39 is 0 Å². The predicted molar refractivity (Wildman–Crippen MR) is 126 cm³/mol. The second kappa shape index (κ2) is 13.9. The topological polar surface area (TPSA) is 87.2 Å². The van der Waals surface area contributed by atoms with Gasteiger partial charge in [-0.15, -0.1) is 0 Å².